The van der Waals surface area contributed by atoms with Gasteiger partial charge in [0.25, 0.3) is 0 Å². The Hall–Kier alpha value is -1.69. The fourth-order valence-corrected chi connectivity index (χ4v) is 2.63. The van der Waals surface area contributed by atoms with Gasteiger partial charge < -0.3 is 15.4 Å². The zero-order chi connectivity index (χ0) is 14.0. The number of carbonyl (C=O) groups excluding carboxylic acids is 1. The quantitative estimate of drug-likeness (QED) is 0.674. The van der Waals surface area contributed by atoms with E-state index in [1.165, 1.54) is 13.2 Å². The number of ether oxygens (including phenoxy) is 1. The van der Waals surface area contributed by atoms with Gasteiger partial charge in [0.15, 0.2) is 0 Å². The van der Waals surface area contributed by atoms with Crippen LogP contribution < -0.4 is 10.6 Å². The zero-order valence-electron chi connectivity index (χ0n) is 10.6. The number of thiocarbonyl (C=S) groups is 1. The number of anilines is 1. The van der Waals surface area contributed by atoms with Crippen LogP contribution in [0.1, 0.15) is 18.4 Å². The maximum atomic E-state index is 13.9. The Bertz CT molecular complexity index is 521. The molecule has 4 nitrogen and oxygen atoms in total. The summed E-state index contributed by atoms with van der Waals surface area (Å²) in [6.45, 7) is 0.652. The Balaban J connectivity index is 2.44. The molecule has 1 aromatic carbocycles. The van der Waals surface area contributed by atoms with Crippen LogP contribution in [-0.2, 0) is 9.53 Å². The molecular weight excluding hydrogens is 267 g/mol. The largest absolute Gasteiger partial charge is 0.467 e. The third-order valence-electron chi connectivity index (χ3n) is 3.27. The van der Waals surface area contributed by atoms with Crippen molar-refractivity contribution in [2.24, 2.45) is 5.73 Å². The Morgan fingerprint density at radius 2 is 2.32 bits per heavy atom. The molecular formula is C13H15FN2O2S. The summed E-state index contributed by atoms with van der Waals surface area (Å²) >= 11 is 4.90. The van der Waals surface area contributed by atoms with Crippen LogP contribution in [0.4, 0.5) is 10.1 Å². The molecule has 1 atom stereocenters. The first-order chi connectivity index (χ1) is 9.06. The monoisotopic (exact) mass is 282 g/mol. The summed E-state index contributed by atoms with van der Waals surface area (Å²) in [6.07, 6.45) is 1.52. The first kappa shape index (κ1) is 13.7. The summed E-state index contributed by atoms with van der Waals surface area (Å²) in [5, 5.41) is 0. The van der Waals surface area contributed by atoms with Crippen molar-refractivity contribution < 1.29 is 13.9 Å². The van der Waals surface area contributed by atoms with Crippen LogP contribution in [0, 0.1) is 5.82 Å². The summed E-state index contributed by atoms with van der Waals surface area (Å²) < 4.78 is 18.6. The van der Waals surface area contributed by atoms with Gasteiger partial charge in [-0.1, -0.05) is 18.3 Å². The van der Waals surface area contributed by atoms with Gasteiger partial charge in [0.05, 0.1) is 18.4 Å². The van der Waals surface area contributed by atoms with E-state index in [1.54, 1.807) is 12.1 Å². The number of hydrogen-bond acceptors (Lipinski definition) is 4. The molecule has 0 spiro atoms. The van der Waals surface area contributed by atoms with Gasteiger partial charge in [-0.25, -0.2) is 9.18 Å². The van der Waals surface area contributed by atoms with Crippen LogP contribution >= 0.6 is 12.2 Å². The summed E-state index contributed by atoms with van der Waals surface area (Å²) in [5.74, 6) is -0.795. The number of benzene rings is 1. The molecule has 0 bridgehead atoms. The number of methoxy groups -OCH3 is 1. The smallest absolute Gasteiger partial charge is 0.328 e. The van der Waals surface area contributed by atoms with Gasteiger partial charge in [-0.2, -0.15) is 0 Å². The van der Waals surface area contributed by atoms with Crippen molar-refractivity contribution in [2.75, 3.05) is 18.6 Å². The Morgan fingerprint density at radius 3 is 2.95 bits per heavy atom. The highest BCUT2D eigenvalue weighted by molar-refractivity contribution is 7.80. The molecule has 2 rings (SSSR count). The number of nitrogens with two attached hydrogens (primary N) is 1. The molecule has 0 aromatic heterocycles. The minimum atomic E-state index is -0.472. The average Bonchev–Trinajstić information content (AvgIpc) is 2.86. The third-order valence-corrected chi connectivity index (χ3v) is 3.48. The molecule has 0 aliphatic carbocycles. The Morgan fingerprint density at radius 1 is 1.58 bits per heavy atom. The number of esters is 1. The van der Waals surface area contributed by atoms with Crippen molar-refractivity contribution in [3.63, 3.8) is 0 Å². The van der Waals surface area contributed by atoms with Crippen LogP contribution in [0.5, 0.6) is 0 Å². The average molecular weight is 282 g/mol. The van der Waals surface area contributed by atoms with Crippen LogP contribution in [0.15, 0.2) is 18.2 Å². The molecule has 1 saturated heterocycles. The van der Waals surface area contributed by atoms with Crippen molar-refractivity contribution in [1.82, 2.24) is 0 Å². The number of rotatable bonds is 3. The summed E-state index contributed by atoms with van der Waals surface area (Å²) in [5.41, 5.74) is 6.33. The van der Waals surface area contributed by atoms with Gasteiger partial charge in [0, 0.05) is 6.54 Å². The Kier molecular flexibility index (Phi) is 3.99. The third kappa shape index (κ3) is 2.53. The Labute approximate surface area is 116 Å². The lowest BCUT2D eigenvalue weighted by molar-refractivity contribution is -0.141. The predicted molar refractivity (Wildman–Crippen MR) is 74.7 cm³/mol. The fourth-order valence-electron chi connectivity index (χ4n) is 2.43. The molecule has 102 valence electrons. The molecule has 6 heteroatoms. The molecule has 1 aromatic rings. The van der Waals surface area contributed by atoms with Crippen LogP contribution in [-0.4, -0.2) is 30.7 Å². The minimum Gasteiger partial charge on any atom is -0.467 e. The van der Waals surface area contributed by atoms with E-state index in [2.05, 4.69) is 0 Å². The topological polar surface area (TPSA) is 55.6 Å². The maximum absolute atomic E-state index is 13.9. The standard InChI is InChI=1S/C13H15FN2O2S/c1-18-13(17)10-6-3-7-16(10)9-5-2-4-8(14)11(9)12(15)19/h2,4-5,10H,3,6-7H2,1H3,(H2,15,19). The van der Waals surface area contributed by atoms with E-state index < -0.39 is 11.9 Å². The van der Waals surface area contributed by atoms with Gasteiger partial charge >= 0.3 is 5.97 Å². The second kappa shape index (κ2) is 5.52. The van der Waals surface area contributed by atoms with Crippen molar-refractivity contribution in [1.29, 1.82) is 0 Å². The second-order valence-electron chi connectivity index (χ2n) is 4.37. The predicted octanol–water partition coefficient (Wildman–Crippen LogP) is 1.60. The number of carbonyl (C=O) groups is 1. The van der Waals surface area contributed by atoms with E-state index in [0.29, 0.717) is 18.7 Å². The molecule has 1 fully saturated rings. The molecule has 0 amide bonds. The van der Waals surface area contributed by atoms with E-state index in [0.717, 1.165) is 6.42 Å². The van der Waals surface area contributed by atoms with Crippen molar-refractivity contribution in [3.05, 3.63) is 29.6 Å². The molecule has 1 aliphatic heterocycles. The highest BCUT2D eigenvalue weighted by Gasteiger charge is 2.33. The van der Waals surface area contributed by atoms with E-state index >= 15 is 0 Å². The molecule has 1 heterocycles. The SMILES string of the molecule is COC(=O)C1CCCN1c1cccc(F)c1C(N)=S. The first-order valence-corrected chi connectivity index (χ1v) is 6.40. The summed E-state index contributed by atoms with van der Waals surface area (Å²) in [4.78, 5) is 13.5. The normalized spacial score (nSPS) is 18.4. The number of halogens is 1. The highest BCUT2D eigenvalue weighted by Crippen LogP contribution is 2.30. The lowest BCUT2D eigenvalue weighted by Crippen LogP contribution is -2.38. The maximum Gasteiger partial charge on any atom is 0.328 e. The lowest BCUT2D eigenvalue weighted by atomic mass is 10.1. The number of nitrogens with zero attached hydrogens (tertiary/aromatic N) is 1. The van der Waals surface area contributed by atoms with E-state index in [1.807, 2.05) is 4.90 Å². The summed E-state index contributed by atoms with van der Waals surface area (Å²) in [6, 6.07) is 4.21. The van der Waals surface area contributed by atoms with Gasteiger partial charge in [0.1, 0.15) is 16.8 Å². The van der Waals surface area contributed by atoms with Gasteiger partial charge in [-0.15, -0.1) is 0 Å². The minimum absolute atomic E-state index is 0.0105. The summed E-state index contributed by atoms with van der Waals surface area (Å²) in [7, 11) is 1.35. The van der Waals surface area contributed by atoms with Crippen molar-refractivity contribution in [3.8, 4) is 0 Å². The van der Waals surface area contributed by atoms with Crippen LogP contribution in [0.25, 0.3) is 0 Å². The molecule has 0 saturated carbocycles. The molecule has 0 radical (unpaired) electrons. The molecule has 1 aliphatic rings. The van der Waals surface area contributed by atoms with Crippen LogP contribution in [0.3, 0.4) is 0 Å². The lowest BCUT2D eigenvalue weighted by Gasteiger charge is -2.27. The van der Waals surface area contributed by atoms with Gasteiger partial charge in [-0.05, 0) is 25.0 Å². The van der Waals surface area contributed by atoms with Gasteiger partial charge in [0.2, 0.25) is 0 Å². The van der Waals surface area contributed by atoms with E-state index in [9.17, 15) is 9.18 Å². The molecule has 19 heavy (non-hydrogen) atoms. The van der Waals surface area contributed by atoms with Crippen molar-refractivity contribution >= 4 is 28.9 Å². The highest BCUT2D eigenvalue weighted by atomic mass is 32.1. The molecule has 2 N–H and O–H groups in total. The number of hydrogen-bond donors (Lipinski definition) is 1. The first-order valence-electron chi connectivity index (χ1n) is 5.99. The fraction of sp³-hybridized carbons (Fsp3) is 0.385. The second-order valence-corrected chi connectivity index (χ2v) is 4.81. The van der Waals surface area contributed by atoms with E-state index in [4.69, 9.17) is 22.7 Å². The van der Waals surface area contributed by atoms with Crippen molar-refractivity contribution in [2.45, 2.75) is 18.9 Å². The molecule has 1 unspecified atom stereocenters. The van der Waals surface area contributed by atoms with E-state index in [-0.39, 0.29) is 16.5 Å². The van der Waals surface area contributed by atoms with Gasteiger partial charge in [-0.3, -0.25) is 0 Å². The van der Waals surface area contributed by atoms with Crippen LogP contribution in [0.2, 0.25) is 0 Å². The zero-order valence-corrected chi connectivity index (χ0v) is 11.4.